The molecule has 2 aromatic rings. The molecule has 0 fully saturated rings. The van der Waals surface area contributed by atoms with Crippen LogP contribution in [0.3, 0.4) is 0 Å². The normalized spacial score (nSPS) is 10.4. The summed E-state index contributed by atoms with van der Waals surface area (Å²) in [6, 6.07) is 12.1. The molecule has 0 aliphatic carbocycles. The summed E-state index contributed by atoms with van der Waals surface area (Å²) >= 11 is 3.41. The predicted octanol–water partition coefficient (Wildman–Crippen LogP) is 3.62. The van der Waals surface area contributed by atoms with Crippen LogP contribution in [-0.4, -0.2) is 12.5 Å². The number of hydrogen-bond donors (Lipinski definition) is 2. The van der Waals surface area contributed by atoms with Crippen LogP contribution in [0.2, 0.25) is 0 Å². The zero-order valence-corrected chi connectivity index (χ0v) is 13.2. The lowest BCUT2D eigenvalue weighted by atomic mass is 10.2. The molecule has 1 amide bonds. The number of hydrogen-bond acceptors (Lipinski definition) is 2. The molecule has 0 aromatic heterocycles. The van der Waals surface area contributed by atoms with E-state index in [-0.39, 0.29) is 18.3 Å². The van der Waals surface area contributed by atoms with Crippen LogP contribution in [0.1, 0.15) is 11.1 Å². The molecule has 2 N–H and O–H groups in total. The standard InChI is InChI=1S/C16H16BrFN2O/c1-11-8-13(6-7-14(11)17)20-16(21)10-19-9-12-4-2-3-5-15(12)18/h2-8,19H,9-10H2,1H3,(H,20,21). The maximum atomic E-state index is 13.4. The van der Waals surface area contributed by atoms with Crippen LogP contribution in [-0.2, 0) is 11.3 Å². The summed E-state index contributed by atoms with van der Waals surface area (Å²) in [4.78, 5) is 11.8. The van der Waals surface area contributed by atoms with Crippen molar-refractivity contribution >= 4 is 27.5 Å². The number of halogens is 2. The van der Waals surface area contributed by atoms with Gasteiger partial charge >= 0.3 is 0 Å². The molecule has 0 aliphatic rings. The summed E-state index contributed by atoms with van der Waals surface area (Å²) in [7, 11) is 0. The first-order valence-electron chi connectivity index (χ1n) is 6.56. The summed E-state index contributed by atoms with van der Waals surface area (Å²) in [6.07, 6.45) is 0. The summed E-state index contributed by atoms with van der Waals surface area (Å²) in [6.45, 7) is 2.40. The highest BCUT2D eigenvalue weighted by Gasteiger charge is 2.05. The second-order valence-electron chi connectivity index (χ2n) is 4.71. The largest absolute Gasteiger partial charge is 0.325 e. The lowest BCUT2D eigenvalue weighted by Gasteiger charge is -2.08. The minimum Gasteiger partial charge on any atom is -0.325 e. The Balaban J connectivity index is 1.82. The van der Waals surface area contributed by atoms with Crippen molar-refractivity contribution < 1.29 is 9.18 Å². The molecular formula is C16H16BrFN2O. The molecule has 0 spiro atoms. The Bertz CT molecular complexity index is 646. The zero-order valence-electron chi connectivity index (χ0n) is 11.6. The second-order valence-corrected chi connectivity index (χ2v) is 5.56. The molecule has 21 heavy (non-hydrogen) atoms. The van der Waals surface area contributed by atoms with Gasteiger partial charge in [-0.15, -0.1) is 0 Å². The predicted molar refractivity (Wildman–Crippen MR) is 85.6 cm³/mol. The quantitative estimate of drug-likeness (QED) is 0.864. The fraction of sp³-hybridized carbons (Fsp3) is 0.188. The van der Waals surface area contributed by atoms with Gasteiger partial charge in [-0.3, -0.25) is 4.79 Å². The fourth-order valence-electron chi connectivity index (χ4n) is 1.88. The van der Waals surface area contributed by atoms with Crippen molar-refractivity contribution in [3.05, 3.63) is 63.9 Å². The third kappa shape index (κ3) is 4.65. The van der Waals surface area contributed by atoms with E-state index in [2.05, 4.69) is 26.6 Å². The van der Waals surface area contributed by atoms with Gasteiger partial charge in [0, 0.05) is 22.3 Å². The summed E-state index contributed by atoms with van der Waals surface area (Å²) in [5.74, 6) is -0.429. The molecule has 3 nitrogen and oxygen atoms in total. The average Bonchev–Trinajstić information content (AvgIpc) is 2.45. The zero-order chi connectivity index (χ0) is 15.2. The van der Waals surface area contributed by atoms with Crippen LogP contribution in [0, 0.1) is 12.7 Å². The molecule has 0 saturated heterocycles. The van der Waals surface area contributed by atoms with Crippen LogP contribution < -0.4 is 10.6 Å². The summed E-state index contributed by atoms with van der Waals surface area (Å²) in [5.41, 5.74) is 2.34. The summed E-state index contributed by atoms with van der Waals surface area (Å²) < 4.78 is 14.4. The molecule has 0 bridgehead atoms. The Labute approximate surface area is 131 Å². The lowest BCUT2D eigenvalue weighted by molar-refractivity contribution is -0.115. The fourth-order valence-corrected chi connectivity index (χ4v) is 2.13. The first-order valence-corrected chi connectivity index (χ1v) is 7.35. The van der Waals surface area contributed by atoms with Gasteiger partial charge in [0.1, 0.15) is 5.82 Å². The van der Waals surface area contributed by atoms with Crippen molar-refractivity contribution in [3.63, 3.8) is 0 Å². The number of aryl methyl sites for hydroxylation is 1. The van der Waals surface area contributed by atoms with Crippen LogP contribution in [0.25, 0.3) is 0 Å². The smallest absolute Gasteiger partial charge is 0.238 e. The third-order valence-corrected chi connectivity index (χ3v) is 3.89. The van der Waals surface area contributed by atoms with Crippen LogP contribution >= 0.6 is 15.9 Å². The maximum absolute atomic E-state index is 13.4. The van der Waals surface area contributed by atoms with Crippen LogP contribution in [0.15, 0.2) is 46.9 Å². The molecule has 2 rings (SSSR count). The molecule has 0 atom stereocenters. The highest BCUT2D eigenvalue weighted by molar-refractivity contribution is 9.10. The van der Waals surface area contributed by atoms with Crippen LogP contribution in [0.5, 0.6) is 0 Å². The van der Waals surface area contributed by atoms with Gasteiger partial charge in [-0.2, -0.15) is 0 Å². The van der Waals surface area contributed by atoms with E-state index in [0.29, 0.717) is 12.1 Å². The second kappa shape index (κ2) is 7.33. The number of nitrogens with one attached hydrogen (secondary N) is 2. The first kappa shape index (κ1) is 15.7. The molecule has 5 heteroatoms. The van der Waals surface area contributed by atoms with Gasteiger partial charge in [-0.25, -0.2) is 4.39 Å². The van der Waals surface area contributed by atoms with E-state index >= 15 is 0 Å². The van der Waals surface area contributed by atoms with Crippen molar-refractivity contribution in [1.29, 1.82) is 0 Å². The molecule has 0 saturated carbocycles. The Morgan fingerprint density at radius 2 is 2.00 bits per heavy atom. The third-order valence-electron chi connectivity index (χ3n) is 3.00. The van der Waals surface area contributed by atoms with E-state index in [1.54, 1.807) is 18.2 Å². The number of rotatable bonds is 5. The van der Waals surface area contributed by atoms with E-state index < -0.39 is 0 Å². The molecule has 0 unspecified atom stereocenters. The molecule has 0 radical (unpaired) electrons. The maximum Gasteiger partial charge on any atom is 0.238 e. The summed E-state index contributed by atoms with van der Waals surface area (Å²) in [5, 5.41) is 5.72. The highest BCUT2D eigenvalue weighted by atomic mass is 79.9. The van der Waals surface area contributed by atoms with E-state index in [0.717, 1.165) is 15.7 Å². The number of benzene rings is 2. The highest BCUT2D eigenvalue weighted by Crippen LogP contribution is 2.19. The van der Waals surface area contributed by atoms with Crippen molar-refractivity contribution in [2.24, 2.45) is 0 Å². The molecule has 0 heterocycles. The van der Waals surface area contributed by atoms with E-state index in [4.69, 9.17) is 0 Å². The molecule has 2 aromatic carbocycles. The van der Waals surface area contributed by atoms with Gasteiger partial charge in [-0.05, 0) is 36.8 Å². The van der Waals surface area contributed by atoms with Crippen LogP contribution in [0.4, 0.5) is 10.1 Å². The number of anilines is 1. The first-order chi connectivity index (χ1) is 10.1. The minimum atomic E-state index is -0.269. The van der Waals surface area contributed by atoms with Gasteiger partial charge in [0.2, 0.25) is 5.91 Å². The van der Waals surface area contributed by atoms with E-state index in [9.17, 15) is 9.18 Å². The Morgan fingerprint density at radius 1 is 1.24 bits per heavy atom. The number of carbonyl (C=O) groups excluding carboxylic acids is 1. The van der Waals surface area contributed by atoms with Gasteiger partial charge in [0.25, 0.3) is 0 Å². The molecule has 110 valence electrons. The van der Waals surface area contributed by atoms with Crippen molar-refractivity contribution in [2.75, 3.05) is 11.9 Å². The van der Waals surface area contributed by atoms with Gasteiger partial charge < -0.3 is 10.6 Å². The minimum absolute atomic E-state index is 0.128. The van der Waals surface area contributed by atoms with E-state index in [1.807, 2.05) is 25.1 Å². The SMILES string of the molecule is Cc1cc(NC(=O)CNCc2ccccc2F)ccc1Br. The average molecular weight is 351 g/mol. The Morgan fingerprint density at radius 3 is 2.71 bits per heavy atom. The van der Waals surface area contributed by atoms with Gasteiger partial charge in [-0.1, -0.05) is 34.1 Å². The Kier molecular flexibility index (Phi) is 5.47. The van der Waals surface area contributed by atoms with Crippen molar-refractivity contribution in [2.45, 2.75) is 13.5 Å². The van der Waals surface area contributed by atoms with Gasteiger partial charge in [0.05, 0.1) is 6.54 Å². The number of carbonyl (C=O) groups is 1. The Hall–Kier alpha value is -1.72. The lowest BCUT2D eigenvalue weighted by Crippen LogP contribution is -2.28. The van der Waals surface area contributed by atoms with E-state index in [1.165, 1.54) is 6.07 Å². The van der Waals surface area contributed by atoms with Crippen molar-refractivity contribution in [3.8, 4) is 0 Å². The monoisotopic (exact) mass is 350 g/mol. The topological polar surface area (TPSA) is 41.1 Å². The molecule has 0 aliphatic heterocycles. The number of amides is 1. The molecular weight excluding hydrogens is 335 g/mol. The van der Waals surface area contributed by atoms with Crippen molar-refractivity contribution in [1.82, 2.24) is 5.32 Å². The van der Waals surface area contributed by atoms with Gasteiger partial charge in [0.15, 0.2) is 0 Å².